The van der Waals surface area contributed by atoms with Crippen molar-refractivity contribution in [1.29, 1.82) is 0 Å². The number of rotatable bonds is 5. The monoisotopic (exact) mass is 319 g/mol. The van der Waals surface area contributed by atoms with Crippen molar-refractivity contribution in [3.8, 4) is 0 Å². The van der Waals surface area contributed by atoms with Crippen molar-refractivity contribution in [3.63, 3.8) is 0 Å². The molecule has 1 aromatic heterocycles. The SMILES string of the molecule is Cc1cc(C(=O)N(CCN2CCCCCC2)C(C)C)cc(=O)[nH]1. The molecule has 5 nitrogen and oxygen atoms in total. The van der Waals surface area contributed by atoms with Crippen LogP contribution in [-0.4, -0.2) is 52.9 Å². The van der Waals surface area contributed by atoms with Gasteiger partial charge in [0, 0.05) is 36.5 Å². The van der Waals surface area contributed by atoms with Crippen molar-refractivity contribution in [2.45, 2.75) is 52.5 Å². The second-order valence-electron chi connectivity index (χ2n) is 6.76. The number of aryl methyl sites for hydroxylation is 1. The maximum absolute atomic E-state index is 12.8. The van der Waals surface area contributed by atoms with Gasteiger partial charge in [0.25, 0.3) is 5.91 Å². The van der Waals surface area contributed by atoms with Gasteiger partial charge in [0.15, 0.2) is 0 Å². The topological polar surface area (TPSA) is 56.4 Å². The van der Waals surface area contributed by atoms with Crippen LogP contribution in [0.3, 0.4) is 0 Å². The number of pyridine rings is 1. The van der Waals surface area contributed by atoms with E-state index in [2.05, 4.69) is 9.88 Å². The number of hydrogen-bond acceptors (Lipinski definition) is 3. The van der Waals surface area contributed by atoms with Gasteiger partial charge in [-0.2, -0.15) is 0 Å². The summed E-state index contributed by atoms with van der Waals surface area (Å²) in [6, 6.07) is 3.27. The zero-order valence-corrected chi connectivity index (χ0v) is 14.6. The van der Waals surface area contributed by atoms with Crippen LogP contribution in [0.2, 0.25) is 0 Å². The Bertz CT molecular complexity index is 572. The van der Waals surface area contributed by atoms with Crippen LogP contribution in [0.25, 0.3) is 0 Å². The minimum atomic E-state index is -0.218. The zero-order valence-electron chi connectivity index (χ0n) is 14.6. The summed E-state index contributed by atoms with van der Waals surface area (Å²) in [6.07, 6.45) is 5.14. The van der Waals surface area contributed by atoms with E-state index in [1.807, 2.05) is 18.7 Å². The molecule has 1 N–H and O–H groups in total. The van der Waals surface area contributed by atoms with Gasteiger partial charge in [-0.3, -0.25) is 9.59 Å². The number of aromatic amines is 1. The normalized spacial score (nSPS) is 16.3. The van der Waals surface area contributed by atoms with Gasteiger partial charge in [-0.1, -0.05) is 12.8 Å². The average Bonchev–Trinajstić information content (AvgIpc) is 2.74. The van der Waals surface area contributed by atoms with E-state index in [-0.39, 0.29) is 17.5 Å². The molecule has 2 heterocycles. The summed E-state index contributed by atoms with van der Waals surface area (Å²) >= 11 is 0. The Hall–Kier alpha value is -1.62. The van der Waals surface area contributed by atoms with Crippen molar-refractivity contribution in [3.05, 3.63) is 33.7 Å². The number of nitrogens with zero attached hydrogens (tertiary/aromatic N) is 2. The molecule has 128 valence electrons. The van der Waals surface area contributed by atoms with Crippen molar-refractivity contribution in [2.75, 3.05) is 26.2 Å². The predicted molar refractivity (Wildman–Crippen MR) is 92.9 cm³/mol. The van der Waals surface area contributed by atoms with Crippen molar-refractivity contribution >= 4 is 5.91 Å². The van der Waals surface area contributed by atoms with Gasteiger partial charge in [0.05, 0.1) is 0 Å². The summed E-state index contributed by atoms with van der Waals surface area (Å²) in [7, 11) is 0. The van der Waals surface area contributed by atoms with Crippen LogP contribution < -0.4 is 5.56 Å². The highest BCUT2D eigenvalue weighted by atomic mass is 16.2. The highest BCUT2D eigenvalue weighted by molar-refractivity contribution is 5.94. The second-order valence-corrected chi connectivity index (χ2v) is 6.76. The molecule has 5 heteroatoms. The maximum atomic E-state index is 12.8. The highest BCUT2D eigenvalue weighted by Crippen LogP contribution is 2.12. The third-order valence-electron chi connectivity index (χ3n) is 4.47. The first kappa shape index (κ1) is 17.7. The molecule has 0 aliphatic carbocycles. The molecule has 0 bridgehead atoms. The molecule has 0 saturated carbocycles. The lowest BCUT2D eigenvalue weighted by molar-refractivity contribution is 0.0681. The van der Waals surface area contributed by atoms with Crippen LogP contribution in [0.5, 0.6) is 0 Å². The molecule has 1 aliphatic rings. The summed E-state index contributed by atoms with van der Waals surface area (Å²) in [5.74, 6) is -0.0518. The van der Waals surface area contributed by atoms with E-state index in [9.17, 15) is 9.59 Å². The number of H-pyrrole nitrogens is 1. The van der Waals surface area contributed by atoms with Gasteiger partial charge in [-0.05, 0) is 52.8 Å². The van der Waals surface area contributed by atoms with Crippen LogP contribution in [0.4, 0.5) is 0 Å². The smallest absolute Gasteiger partial charge is 0.254 e. The van der Waals surface area contributed by atoms with Crippen LogP contribution in [0.1, 0.15) is 55.6 Å². The summed E-state index contributed by atoms with van der Waals surface area (Å²) in [6.45, 7) is 9.73. The third kappa shape index (κ3) is 5.20. The number of aromatic nitrogens is 1. The van der Waals surface area contributed by atoms with Crippen LogP contribution >= 0.6 is 0 Å². The Morgan fingerprint density at radius 2 is 1.87 bits per heavy atom. The van der Waals surface area contributed by atoms with Crippen molar-refractivity contribution < 1.29 is 4.79 Å². The van der Waals surface area contributed by atoms with E-state index in [1.54, 1.807) is 13.0 Å². The fourth-order valence-corrected chi connectivity index (χ4v) is 3.18. The van der Waals surface area contributed by atoms with E-state index in [0.29, 0.717) is 12.1 Å². The molecular formula is C18H29N3O2. The first-order valence-electron chi connectivity index (χ1n) is 8.71. The van der Waals surface area contributed by atoms with E-state index < -0.39 is 0 Å². The van der Waals surface area contributed by atoms with Crippen LogP contribution in [0, 0.1) is 6.92 Å². The molecule has 0 atom stereocenters. The Morgan fingerprint density at radius 3 is 2.43 bits per heavy atom. The lowest BCUT2D eigenvalue weighted by atomic mass is 10.1. The molecule has 1 aromatic rings. The molecule has 0 spiro atoms. The summed E-state index contributed by atoms with van der Waals surface area (Å²) in [4.78, 5) is 31.4. The van der Waals surface area contributed by atoms with Gasteiger partial charge in [0.2, 0.25) is 5.56 Å². The maximum Gasteiger partial charge on any atom is 0.254 e. The standard InChI is InChI=1S/C18H29N3O2/c1-14(2)21(11-10-20-8-6-4-5-7-9-20)18(23)16-12-15(3)19-17(22)13-16/h12-14H,4-11H2,1-3H3,(H,19,22). The van der Waals surface area contributed by atoms with Gasteiger partial charge in [0.1, 0.15) is 0 Å². The Balaban J connectivity index is 2.04. The Kier molecular flexibility index (Phi) is 6.39. The second kappa shape index (κ2) is 8.29. The van der Waals surface area contributed by atoms with E-state index in [1.165, 1.54) is 31.7 Å². The lowest BCUT2D eigenvalue weighted by Crippen LogP contribution is -2.43. The third-order valence-corrected chi connectivity index (χ3v) is 4.47. The van der Waals surface area contributed by atoms with E-state index in [4.69, 9.17) is 0 Å². The first-order chi connectivity index (χ1) is 11.0. The molecule has 2 rings (SSSR count). The minimum absolute atomic E-state index is 0.0518. The highest BCUT2D eigenvalue weighted by Gasteiger charge is 2.20. The van der Waals surface area contributed by atoms with Gasteiger partial charge >= 0.3 is 0 Å². The molecule has 0 radical (unpaired) electrons. The quantitative estimate of drug-likeness (QED) is 0.907. The van der Waals surface area contributed by atoms with Gasteiger partial charge in [-0.15, -0.1) is 0 Å². The first-order valence-corrected chi connectivity index (χ1v) is 8.71. The fraction of sp³-hybridized carbons (Fsp3) is 0.667. The summed E-state index contributed by atoms with van der Waals surface area (Å²) in [5.41, 5.74) is 0.984. The average molecular weight is 319 g/mol. The minimum Gasteiger partial charge on any atom is -0.335 e. The number of likely N-dealkylation sites (tertiary alicyclic amines) is 1. The number of carbonyl (C=O) groups excluding carboxylic acids is 1. The lowest BCUT2D eigenvalue weighted by Gasteiger charge is -2.30. The number of nitrogens with one attached hydrogen (secondary N) is 1. The predicted octanol–water partition coefficient (Wildman–Crippen LogP) is 2.41. The van der Waals surface area contributed by atoms with E-state index in [0.717, 1.165) is 25.3 Å². The molecule has 1 fully saturated rings. The summed E-state index contributed by atoms with van der Waals surface area (Å²) in [5, 5.41) is 0. The Morgan fingerprint density at radius 1 is 1.22 bits per heavy atom. The molecule has 1 amide bonds. The molecule has 23 heavy (non-hydrogen) atoms. The summed E-state index contributed by atoms with van der Waals surface area (Å²) < 4.78 is 0. The molecule has 1 saturated heterocycles. The van der Waals surface area contributed by atoms with E-state index >= 15 is 0 Å². The van der Waals surface area contributed by atoms with Crippen molar-refractivity contribution in [2.24, 2.45) is 0 Å². The largest absolute Gasteiger partial charge is 0.335 e. The Labute approximate surface area is 138 Å². The molecule has 0 aromatic carbocycles. The van der Waals surface area contributed by atoms with Crippen LogP contribution in [0.15, 0.2) is 16.9 Å². The van der Waals surface area contributed by atoms with Crippen molar-refractivity contribution in [1.82, 2.24) is 14.8 Å². The number of hydrogen-bond donors (Lipinski definition) is 1. The number of carbonyl (C=O) groups is 1. The zero-order chi connectivity index (χ0) is 16.8. The molecular weight excluding hydrogens is 290 g/mol. The fourth-order valence-electron chi connectivity index (χ4n) is 3.18. The van der Waals surface area contributed by atoms with Gasteiger partial charge in [-0.25, -0.2) is 0 Å². The molecule has 0 unspecified atom stereocenters. The molecule has 1 aliphatic heterocycles. The number of amides is 1. The van der Waals surface area contributed by atoms with Crippen LogP contribution in [-0.2, 0) is 0 Å². The van der Waals surface area contributed by atoms with Gasteiger partial charge < -0.3 is 14.8 Å².